The molecule has 34 heavy (non-hydrogen) atoms. The van der Waals surface area contributed by atoms with Gasteiger partial charge in [0, 0.05) is 38.9 Å². The van der Waals surface area contributed by atoms with Gasteiger partial charge >= 0.3 is 0 Å². The van der Waals surface area contributed by atoms with Gasteiger partial charge in [-0.15, -0.1) is 0 Å². The van der Waals surface area contributed by atoms with Gasteiger partial charge in [-0.05, 0) is 24.3 Å². The van der Waals surface area contributed by atoms with Crippen LogP contribution < -0.4 is 4.80 Å². The molecular weight excluding hydrogens is 484 g/mol. The Hall–Kier alpha value is -2.64. The number of nitrogens with zero attached hydrogens (tertiary/aromatic N) is 4. The number of nitro groups is 1. The Morgan fingerprint density at radius 2 is 1.91 bits per heavy atom. The smallest absolute Gasteiger partial charge is 0.270 e. The van der Waals surface area contributed by atoms with Crippen molar-refractivity contribution in [1.29, 1.82) is 0 Å². The van der Waals surface area contributed by atoms with Crippen LogP contribution >= 0.6 is 11.3 Å². The number of sulfone groups is 1. The molecule has 0 bridgehead atoms. The Kier molecular flexibility index (Phi) is 8.21. The molecule has 2 heterocycles. The summed E-state index contributed by atoms with van der Waals surface area (Å²) in [6.07, 6.45) is 0.981. The molecule has 0 aliphatic carbocycles. The lowest BCUT2D eigenvalue weighted by atomic mass is 9.92. The number of piperidine rings is 1. The first-order valence-corrected chi connectivity index (χ1v) is 13.5. The van der Waals surface area contributed by atoms with Crippen LogP contribution in [0.3, 0.4) is 0 Å². The fraction of sp³-hybridized carbons (Fsp3) is 0.571. The third-order valence-electron chi connectivity index (χ3n) is 5.52. The molecule has 2 amide bonds. The van der Waals surface area contributed by atoms with E-state index < -0.39 is 38.1 Å². The van der Waals surface area contributed by atoms with Gasteiger partial charge in [-0.2, -0.15) is 4.99 Å². The van der Waals surface area contributed by atoms with Crippen molar-refractivity contribution in [3.63, 3.8) is 0 Å². The van der Waals surface area contributed by atoms with Crippen LogP contribution in [0.25, 0.3) is 10.2 Å². The number of rotatable bonds is 8. The van der Waals surface area contributed by atoms with Gasteiger partial charge in [0.1, 0.15) is 11.5 Å². The van der Waals surface area contributed by atoms with Crippen molar-refractivity contribution in [1.82, 2.24) is 9.47 Å². The molecule has 186 valence electrons. The number of aromatic nitrogens is 1. The summed E-state index contributed by atoms with van der Waals surface area (Å²) in [6.45, 7) is 5.66. The number of likely N-dealkylation sites (tertiary alicyclic amines) is 1. The first kappa shape index (κ1) is 26.0. The quantitative estimate of drug-likeness (QED) is 0.386. The average molecular weight is 513 g/mol. The second kappa shape index (κ2) is 10.7. The third kappa shape index (κ3) is 6.48. The fourth-order valence-corrected chi connectivity index (χ4v) is 6.39. The lowest BCUT2D eigenvalue weighted by Crippen LogP contribution is -2.45. The molecule has 1 aliphatic heterocycles. The highest BCUT2D eigenvalue weighted by molar-refractivity contribution is 7.92. The molecule has 11 nitrogen and oxygen atoms in total. The molecular formula is C21H28N4O7S2. The maximum Gasteiger partial charge on any atom is 0.270 e. The minimum absolute atomic E-state index is 0.104. The summed E-state index contributed by atoms with van der Waals surface area (Å²) < 4.78 is 32.4. The molecule has 0 N–H and O–H groups in total. The predicted molar refractivity (Wildman–Crippen MR) is 127 cm³/mol. The number of ether oxygens (including phenoxy) is 1. The van der Waals surface area contributed by atoms with Crippen LogP contribution in [0.4, 0.5) is 5.69 Å². The average Bonchev–Trinajstić information content (AvgIpc) is 3.06. The molecule has 1 aliphatic rings. The van der Waals surface area contributed by atoms with Crippen LogP contribution in [-0.4, -0.2) is 72.9 Å². The number of fused-ring (bicyclic) bond motifs is 1. The van der Waals surface area contributed by atoms with E-state index in [0.717, 1.165) is 17.8 Å². The Labute approximate surface area is 201 Å². The van der Waals surface area contributed by atoms with E-state index >= 15 is 0 Å². The highest BCUT2D eigenvalue weighted by Crippen LogP contribution is 2.23. The molecule has 2 unspecified atom stereocenters. The van der Waals surface area contributed by atoms with E-state index in [1.165, 1.54) is 19.2 Å². The summed E-state index contributed by atoms with van der Waals surface area (Å²) >= 11 is 1.04. The minimum atomic E-state index is -4.02. The number of carbonyl (C=O) groups is 2. The molecule has 0 radical (unpaired) electrons. The molecule has 1 saturated heterocycles. The van der Waals surface area contributed by atoms with Crippen molar-refractivity contribution in [2.45, 2.75) is 26.8 Å². The third-order valence-corrected chi connectivity index (χ3v) is 7.94. The van der Waals surface area contributed by atoms with E-state index in [0.29, 0.717) is 48.3 Å². The van der Waals surface area contributed by atoms with Crippen LogP contribution in [0.5, 0.6) is 0 Å². The summed E-state index contributed by atoms with van der Waals surface area (Å²) in [5, 5.41) is 11.1. The summed E-state index contributed by atoms with van der Waals surface area (Å²) in [4.78, 5) is 41.4. The molecule has 1 fully saturated rings. The normalized spacial score (nSPS) is 19.5. The van der Waals surface area contributed by atoms with E-state index in [2.05, 4.69) is 4.99 Å². The van der Waals surface area contributed by atoms with Crippen molar-refractivity contribution < 1.29 is 27.7 Å². The maximum atomic E-state index is 12.6. The van der Waals surface area contributed by atoms with Crippen molar-refractivity contribution in [2.24, 2.45) is 16.8 Å². The van der Waals surface area contributed by atoms with Crippen LogP contribution in [0, 0.1) is 22.0 Å². The number of carbonyl (C=O) groups excluding carboxylic acids is 2. The van der Waals surface area contributed by atoms with E-state index in [-0.39, 0.29) is 10.5 Å². The number of hydrogen-bond acceptors (Lipinski definition) is 8. The number of amides is 2. The Morgan fingerprint density at radius 1 is 1.24 bits per heavy atom. The van der Waals surface area contributed by atoms with Gasteiger partial charge in [-0.25, -0.2) is 8.42 Å². The van der Waals surface area contributed by atoms with Crippen molar-refractivity contribution in [3.8, 4) is 0 Å². The Bertz CT molecular complexity index is 1260. The number of nitro benzene ring substituents is 1. The molecule has 2 atom stereocenters. The summed E-state index contributed by atoms with van der Waals surface area (Å²) in [5.74, 6) is -2.46. The van der Waals surface area contributed by atoms with Gasteiger partial charge in [-0.3, -0.25) is 19.7 Å². The largest absolute Gasteiger partial charge is 0.383 e. The Balaban J connectivity index is 1.81. The van der Waals surface area contributed by atoms with Crippen molar-refractivity contribution >= 4 is 48.9 Å². The first-order chi connectivity index (χ1) is 16.0. The van der Waals surface area contributed by atoms with Crippen LogP contribution in [0.15, 0.2) is 23.2 Å². The highest BCUT2D eigenvalue weighted by Gasteiger charge is 2.29. The molecule has 1 aromatic heterocycles. The molecule has 1 aromatic carbocycles. The highest BCUT2D eigenvalue weighted by atomic mass is 32.2. The summed E-state index contributed by atoms with van der Waals surface area (Å²) in [7, 11) is -2.51. The summed E-state index contributed by atoms with van der Waals surface area (Å²) in [6, 6.07) is 4.28. The second-order valence-corrected chi connectivity index (χ2v) is 11.8. The zero-order valence-corrected chi connectivity index (χ0v) is 20.9. The zero-order valence-electron chi connectivity index (χ0n) is 19.3. The van der Waals surface area contributed by atoms with E-state index in [1.807, 2.05) is 13.8 Å². The van der Waals surface area contributed by atoms with Gasteiger partial charge in [0.25, 0.3) is 11.6 Å². The number of thiazole rings is 1. The maximum absolute atomic E-state index is 12.6. The lowest BCUT2D eigenvalue weighted by Gasteiger charge is -2.34. The molecule has 0 spiro atoms. The molecule has 3 rings (SSSR count). The topological polar surface area (TPSA) is 141 Å². The van der Waals surface area contributed by atoms with Crippen molar-refractivity contribution in [3.05, 3.63) is 33.1 Å². The van der Waals surface area contributed by atoms with Gasteiger partial charge in [0.2, 0.25) is 5.91 Å². The van der Waals surface area contributed by atoms with Gasteiger partial charge in [0.15, 0.2) is 14.6 Å². The minimum Gasteiger partial charge on any atom is -0.383 e. The van der Waals surface area contributed by atoms with Crippen LogP contribution in [0.2, 0.25) is 0 Å². The molecule has 0 saturated carbocycles. The first-order valence-electron chi connectivity index (χ1n) is 10.8. The Morgan fingerprint density at radius 3 is 2.53 bits per heavy atom. The number of non-ortho nitro benzene ring substituents is 1. The van der Waals surface area contributed by atoms with Crippen molar-refractivity contribution in [2.75, 3.05) is 38.3 Å². The number of methoxy groups -OCH3 is 1. The van der Waals surface area contributed by atoms with Gasteiger partial charge in [-0.1, -0.05) is 25.2 Å². The van der Waals surface area contributed by atoms with E-state index in [4.69, 9.17) is 4.74 Å². The van der Waals surface area contributed by atoms with Gasteiger partial charge < -0.3 is 14.2 Å². The summed E-state index contributed by atoms with van der Waals surface area (Å²) in [5.41, 5.74) is 0.513. The van der Waals surface area contributed by atoms with E-state index in [1.54, 1.807) is 15.5 Å². The zero-order chi connectivity index (χ0) is 25.0. The lowest BCUT2D eigenvalue weighted by molar-refractivity contribution is -0.384. The van der Waals surface area contributed by atoms with Gasteiger partial charge in [0.05, 0.1) is 21.7 Å². The van der Waals surface area contributed by atoms with Crippen LogP contribution in [-0.2, 0) is 30.7 Å². The fourth-order valence-electron chi connectivity index (χ4n) is 4.18. The SMILES string of the molecule is COCCn1c(=NC(=O)CS(=O)(=O)CC(=O)N2CC(C)CC(C)C2)sc2cc([N+](=O)[O-])ccc21. The number of hydrogen-bond donors (Lipinski definition) is 0. The molecule has 2 aromatic rings. The van der Waals surface area contributed by atoms with E-state index in [9.17, 15) is 28.1 Å². The monoisotopic (exact) mass is 512 g/mol. The second-order valence-electron chi connectivity index (χ2n) is 8.72. The van der Waals surface area contributed by atoms with Crippen LogP contribution in [0.1, 0.15) is 20.3 Å². The molecule has 13 heteroatoms. The number of benzene rings is 1. The standard InChI is InChI=1S/C21H28N4O7S2/c1-14-8-15(2)11-23(10-14)20(27)13-34(30,31)12-19(26)22-21-24(6-7-32-3)17-5-4-16(25(28)29)9-18(17)33-21/h4-5,9,14-15H,6-8,10-13H2,1-3H3. The predicted octanol–water partition coefficient (Wildman–Crippen LogP) is 1.60.